The van der Waals surface area contributed by atoms with E-state index >= 15 is 0 Å². The number of thiocarbonyl (C=S) groups is 1. The summed E-state index contributed by atoms with van der Waals surface area (Å²) in [4.78, 5) is 15.9. The second kappa shape index (κ2) is 9.26. The van der Waals surface area contributed by atoms with E-state index in [9.17, 15) is 4.79 Å². The third-order valence-corrected chi connectivity index (χ3v) is 7.30. The van der Waals surface area contributed by atoms with Crippen LogP contribution in [0.15, 0.2) is 0 Å². The number of nitrogens with one attached hydrogen (secondary N) is 1. The molecule has 2 aromatic rings. The standard InChI is InChI=1S/C21H30N4O2S2/c1-13-16(14(2)25(4)23-13)12-24(3)21(28)22-19-18(20(26)27-5)15-10-8-6-7-9-11-17(15)29-19/h6-12H2,1-5H3,(H,22,28). The number of fused-ring (bicyclic) bond motifs is 1. The van der Waals surface area contributed by atoms with Crippen molar-refractivity contribution < 1.29 is 9.53 Å². The highest BCUT2D eigenvalue weighted by molar-refractivity contribution is 7.80. The maximum Gasteiger partial charge on any atom is 0.341 e. The Kier molecular flexibility index (Phi) is 6.95. The summed E-state index contributed by atoms with van der Waals surface area (Å²) in [6.07, 6.45) is 6.67. The second-order valence-corrected chi connectivity index (χ2v) is 9.16. The highest BCUT2D eigenvalue weighted by Crippen LogP contribution is 2.37. The van der Waals surface area contributed by atoms with Gasteiger partial charge in [0.2, 0.25) is 0 Å². The van der Waals surface area contributed by atoms with Gasteiger partial charge in [-0.25, -0.2) is 4.79 Å². The molecule has 0 bridgehead atoms. The van der Waals surface area contributed by atoms with Gasteiger partial charge in [0.15, 0.2) is 5.11 Å². The van der Waals surface area contributed by atoms with Crippen LogP contribution in [0.5, 0.6) is 0 Å². The summed E-state index contributed by atoms with van der Waals surface area (Å²) in [5.74, 6) is -0.282. The van der Waals surface area contributed by atoms with Gasteiger partial charge in [-0.2, -0.15) is 5.10 Å². The van der Waals surface area contributed by atoms with Gasteiger partial charge in [-0.05, 0) is 57.3 Å². The van der Waals surface area contributed by atoms with Crippen LogP contribution >= 0.6 is 23.6 Å². The van der Waals surface area contributed by atoms with Crippen molar-refractivity contribution in [3.63, 3.8) is 0 Å². The summed E-state index contributed by atoms with van der Waals surface area (Å²) in [5.41, 5.74) is 5.12. The van der Waals surface area contributed by atoms with Gasteiger partial charge in [-0.1, -0.05) is 12.8 Å². The molecule has 2 aromatic heterocycles. The minimum absolute atomic E-state index is 0.282. The minimum atomic E-state index is -0.282. The molecule has 3 rings (SSSR count). The number of carbonyl (C=O) groups is 1. The van der Waals surface area contributed by atoms with Gasteiger partial charge in [-0.3, -0.25) is 4.68 Å². The molecule has 1 aliphatic rings. The Labute approximate surface area is 182 Å². The van der Waals surface area contributed by atoms with Crippen molar-refractivity contribution in [3.05, 3.63) is 33.0 Å². The molecule has 0 aliphatic heterocycles. The molecular weight excluding hydrogens is 404 g/mol. The summed E-state index contributed by atoms with van der Waals surface area (Å²) in [7, 11) is 5.35. The number of rotatable bonds is 4. The SMILES string of the molecule is COC(=O)c1c(NC(=S)N(C)Cc2c(C)nn(C)c2C)sc2c1CCCCCC2. The van der Waals surface area contributed by atoms with Gasteiger partial charge >= 0.3 is 5.97 Å². The smallest absolute Gasteiger partial charge is 0.341 e. The van der Waals surface area contributed by atoms with E-state index < -0.39 is 0 Å². The molecule has 1 aliphatic carbocycles. The van der Waals surface area contributed by atoms with Crippen molar-refractivity contribution in [3.8, 4) is 0 Å². The molecule has 0 amide bonds. The van der Waals surface area contributed by atoms with Crippen molar-refractivity contribution in [1.82, 2.24) is 14.7 Å². The zero-order valence-corrected chi connectivity index (χ0v) is 19.6. The van der Waals surface area contributed by atoms with Crippen molar-refractivity contribution in [1.29, 1.82) is 0 Å². The van der Waals surface area contributed by atoms with Gasteiger partial charge in [-0.15, -0.1) is 11.3 Å². The molecule has 0 saturated carbocycles. The van der Waals surface area contributed by atoms with Gasteiger partial charge < -0.3 is 15.0 Å². The molecule has 0 radical (unpaired) electrons. The Morgan fingerprint density at radius 2 is 1.97 bits per heavy atom. The molecule has 0 unspecified atom stereocenters. The number of ether oxygens (including phenoxy) is 1. The van der Waals surface area contributed by atoms with Crippen LogP contribution in [-0.2, 0) is 31.2 Å². The van der Waals surface area contributed by atoms with Crippen LogP contribution in [0.2, 0.25) is 0 Å². The molecule has 158 valence electrons. The van der Waals surface area contributed by atoms with Gasteiger partial charge in [0.1, 0.15) is 5.00 Å². The van der Waals surface area contributed by atoms with E-state index in [-0.39, 0.29) is 5.97 Å². The predicted molar refractivity (Wildman–Crippen MR) is 122 cm³/mol. The van der Waals surface area contributed by atoms with E-state index in [1.165, 1.54) is 30.4 Å². The number of esters is 1. The number of hydrogen-bond acceptors (Lipinski definition) is 5. The zero-order valence-electron chi connectivity index (χ0n) is 17.9. The van der Waals surface area contributed by atoms with Gasteiger partial charge in [0.25, 0.3) is 0 Å². The monoisotopic (exact) mass is 434 g/mol. The number of anilines is 1. The summed E-state index contributed by atoms with van der Waals surface area (Å²) in [6.45, 7) is 4.74. The number of hydrogen-bond donors (Lipinski definition) is 1. The lowest BCUT2D eigenvalue weighted by Crippen LogP contribution is -2.31. The number of thiophene rings is 1. The third kappa shape index (κ3) is 4.64. The van der Waals surface area contributed by atoms with E-state index in [2.05, 4.69) is 17.3 Å². The number of aromatic nitrogens is 2. The van der Waals surface area contributed by atoms with Crippen molar-refractivity contribution in [2.75, 3.05) is 19.5 Å². The summed E-state index contributed by atoms with van der Waals surface area (Å²) < 4.78 is 7.00. The highest BCUT2D eigenvalue weighted by atomic mass is 32.1. The van der Waals surface area contributed by atoms with Crippen molar-refractivity contribution in [2.45, 2.75) is 58.9 Å². The quantitative estimate of drug-likeness (QED) is 0.569. The van der Waals surface area contributed by atoms with E-state index in [4.69, 9.17) is 17.0 Å². The molecule has 29 heavy (non-hydrogen) atoms. The van der Waals surface area contributed by atoms with Crippen LogP contribution < -0.4 is 5.32 Å². The molecule has 0 atom stereocenters. The van der Waals surface area contributed by atoms with Gasteiger partial charge in [0.05, 0.1) is 18.4 Å². The Hall–Kier alpha value is -1.93. The summed E-state index contributed by atoms with van der Waals surface area (Å²) in [5, 5.41) is 9.22. The second-order valence-electron chi connectivity index (χ2n) is 7.67. The zero-order chi connectivity index (χ0) is 21.1. The minimum Gasteiger partial charge on any atom is -0.465 e. The highest BCUT2D eigenvalue weighted by Gasteiger charge is 2.26. The Morgan fingerprint density at radius 3 is 2.59 bits per heavy atom. The van der Waals surface area contributed by atoms with Crippen LogP contribution in [0.1, 0.15) is 63.4 Å². The maximum absolute atomic E-state index is 12.6. The fourth-order valence-corrected chi connectivity index (χ4v) is 5.38. The van der Waals surface area contributed by atoms with E-state index in [1.807, 2.05) is 30.6 Å². The Bertz CT molecular complexity index is 916. The molecule has 6 nitrogen and oxygen atoms in total. The molecule has 2 heterocycles. The number of aryl methyl sites for hydroxylation is 3. The first kappa shape index (κ1) is 21.8. The Morgan fingerprint density at radius 1 is 1.28 bits per heavy atom. The third-order valence-electron chi connectivity index (χ3n) is 5.68. The molecule has 8 heteroatoms. The van der Waals surface area contributed by atoms with Crippen LogP contribution in [0.4, 0.5) is 5.00 Å². The first-order valence-corrected chi connectivity index (χ1v) is 11.3. The van der Waals surface area contributed by atoms with Crippen LogP contribution in [0.3, 0.4) is 0 Å². The Balaban J connectivity index is 1.83. The van der Waals surface area contributed by atoms with Crippen LogP contribution in [0.25, 0.3) is 0 Å². The van der Waals surface area contributed by atoms with E-state index in [0.29, 0.717) is 17.2 Å². The number of methoxy groups -OCH3 is 1. The molecular formula is C21H30N4O2S2. The van der Waals surface area contributed by atoms with Crippen molar-refractivity contribution >= 4 is 39.6 Å². The first-order chi connectivity index (χ1) is 13.8. The fraction of sp³-hybridized carbons (Fsp3) is 0.571. The average Bonchev–Trinajstić information content (AvgIpc) is 3.11. The number of nitrogens with zero attached hydrogens (tertiary/aromatic N) is 3. The van der Waals surface area contributed by atoms with Crippen LogP contribution in [0, 0.1) is 13.8 Å². The van der Waals surface area contributed by atoms with Crippen LogP contribution in [-0.4, -0.2) is 39.9 Å². The first-order valence-electron chi connectivity index (χ1n) is 10.1. The fourth-order valence-electron chi connectivity index (χ4n) is 3.87. The lowest BCUT2D eigenvalue weighted by atomic mass is 9.96. The summed E-state index contributed by atoms with van der Waals surface area (Å²) >= 11 is 7.32. The normalized spacial score (nSPS) is 14.0. The predicted octanol–water partition coefficient (Wildman–Crippen LogP) is 4.37. The molecule has 0 saturated heterocycles. The maximum atomic E-state index is 12.6. The summed E-state index contributed by atoms with van der Waals surface area (Å²) in [6, 6.07) is 0. The molecule has 0 fully saturated rings. The largest absolute Gasteiger partial charge is 0.465 e. The van der Waals surface area contributed by atoms with Crippen molar-refractivity contribution in [2.24, 2.45) is 7.05 Å². The molecule has 1 N–H and O–H groups in total. The average molecular weight is 435 g/mol. The molecule has 0 spiro atoms. The van der Waals surface area contributed by atoms with E-state index in [1.54, 1.807) is 11.3 Å². The molecule has 0 aromatic carbocycles. The topological polar surface area (TPSA) is 59.4 Å². The van der Waals surface area contributed by atoms with E-state index in [0.717, 1.165) is 47.6 Å². The number of carbonyl (C=O) groups excluding carboxylic acids is 1. The lowest BCUT2D eigenvalue weighted by molar-refractivity contribution is 0.0601. The lowest BCUT2D eigenvalue weighted by Gasteiger charge is -2.21. The van der Waals surface area contributed by atoms with Gasteiger partial charge in [0, 0.05) is 36.8 Å².